The minimum absolute atomic E-state index is 0.371. The first-order valence-electron chi connectivity index (χ1n) is 17.4. The summed E-state index contributed by atoms with van der Waals surface area (Å²) in [7, 11) is 0. The minimum Gasteiger partial charge on any atom is -0.394 e. The molecule has 19 nitrogen and oxygen atoms in total. The highest BCUT2D eigenvalue weighted by Gasteiger charge is 2.53. The molecule has 17 atom stereocenters. The van der Waals surface area contributed by atoms with Gasteiger partial charge in [-0.05, 0) is 12.8 Å². The van der Waals surface area contributed by atoms with Gasteiger partial charge in [0.05, 0.1) is 38.6 Å². The molecule has 3 aliphatic heterocycles. The van der Waals surface area contributed by atoms with Crippen LogP contribution < -0.4 is 5.32 Å². The highest BCUT2D eigenvalue weighted by atomic mass is 16.8. The van der Waals surface area contributed by atoms with Crippen LogP contribution in [-0.2, 0) is 33.2 Å². The molecule has 0 aromatic heterocycles. The molecule has 3 rings (SSSR count). The Bertz CT molecular complexity index is 1040. The van der Waals surface area contributed by atoms with Crippen molar-refractivity contribution in [2.24, 2.45) is 0 Å². The molecule has 3 aliphatic rings. The standard InChI is InChI=1S/C32H57NO18/c1-3-4-5-6-7-8-9-10-17(38)16(33-15(2)37)14-46-30-26(44)23(41)28(19(12-35)48-30)51-32-27(45)24(42)29(20(13-36)49-32)50-31-25(43)22(40)21(39)18(11-34)47-31/h9-10,16-32,34-36,38-45H,3-8,11-14H2,1-2H3,(H,33,37)/b10-9+. The van der Waals surface area contributed by atoms with E-state index in [1.54, 1.807) is 6.08 Å². The van der Waals surface area contributed by atoms with E-state index in [2.05, 4.69) is 12.2 Å². The van der Waals surface area contributed by atoms with E-state index < -0.39 is 130 Å². The van der Waals surface area contributed by atoms with Crippen molar-refractivity contribution >= 4 is 5.91 Å². The first-order chi connectivity index (χ1) is 24.3. The zero-order valence-electron chi connectivity index (χ0n) is 28.8. The first-order valence-corrected chi connectivity index (χ1v) is 17.4. The Labute approximate surface area is 295 Å². The maximum Gasteiger partial charge on any atom is 0.217 e. The average molecular weight is 744 g/mol. The molecule has 0 aromatic carbocycles. The van der Waals surface area contributed by atoms with Gasteiger partial charge in [0.15, 0.2) is 18.9 Å². The second kappa shape index (κ2) is 21.4. The van der Waals surface area contributed by atoms with E-state index in [4.69, 9.17) is 28.4 Å². The third kappa shape index (κ3) is 11.8. The molecule has 1 amide bonds. The molecule has 3 saturated heterocycles. The van der Waals surface area contributed by atoms with E-state index >= 15 is 0 Å². The van der Waals surface area contributed by atoms with Crippen LogP contribution >= 0.6 is 0 Å². The summed E-state index contributed by atoms with van der Waals surface area (Å²) in [5.74, 6) is -0.460. The molecule has 3 heterocycles. The molecule has 0 radical (unpaired) electrons. The second-order valence-electron chi connectivity index (χ2n) is 13.1. The van der Waals surface area contributed by atoms with Crippen molar-refractivity contribution in [3.8, 4) is 0 Å². The Hall–Kier alpha value is -1.47. The molecule has 0 bridgehead atoms. The van der Waals surface area contributed by atoms with Gasteiger partial charge in [-0.15, -0.1) is 0 Å². The Morgan fingerprint density at radius 3 is 1.71 bits per heavy atom. The van der Waals surface area contributed by atoms with Gasteiger partial charge in [0, 0.05) is 6.92 Å². The fourth-order valence-corrected chi connectivity index (χ4v) is 6.10. The van der Waals surface area contributed by atoms with E-state index in [-0.39, 0.29) is 6.61 Å². The number of aliphatic hydroxyl groups excluding tert-OH is 11. The molecule has 0 spiro atoms. The number of hydrogen-bond acceptors (Lipinski definition) is 18. The summed E-state index contributed by atoms with van der Waals surface area (Å²) in [6.45, 7) is 0.585. The Morgan fingerprint density at radius 1 is 0.686 bits per heavy atom. The van der Waals surface area contributed by atoms with E-state index in [0.29, 0.717) is 0 Å². The summed E-state index contributed by atoms with van der Waals surface area (Å²) in [6.07, 6.45) is -17.2. The summed E-state index contributed by atoms with van der Waals surface area (Å²) >= 11 is 0. The summed E-state index contributed by atoms with van der Waals surface area (Å²) in [5.41, 5.74) is 0. The van der Waals surface area contributed by atoms with Gasteiger partial charge in [-0.2, -0.15) is 0 Å². The van der Waals surface area contributed by atoms with Crippen LogP contribution in [0.1, 0.15) is 52.4 Å². The normalized spacial score (nSPS) is 40.3. The molecule has 12 N–H and O–H groups in total. The lowest BCUT2D eigenvalue weighted by molar-refractivity contribution is -0.379. The van der Waals surface area contributed by atoms with Crippen LogP contribution in [0.15, 0.2) is 12.2 Å². The van der Waals surface area contributed by atoms with Gasteiger partial charge < -0.3 is 89.9 Å². The van der Waals surface area contributed by atoms with Crippen LogP contribution in [0.2, 0.25) is 0 Å². The highest BCUT2D eigenvalue weighted by molar-refractivity contribution is 5.73. The van der Waals surface area contributed by atoms with Crippen molar-refractivity contribution in [2.45, 2.75) is 157 Å². The van der Waals surface area contributed by atoms with Crippen LogP contribution in [-0.4, -0.2) is 193 Å². The Morgan fingerprint density at radius 2 is 1.18 bits per heavy atom. The molecule has 51 heavy (non-hydrogen) atoms. The Kier molecular flexibility index (Phi) is 18.5. The maximum atomic E-state index is 11.8. The first kappa shape index (κ1) is 43.9. The topological polar surface area (TPSA) is 307 Å². The van der Waals surface area contributed by atoms with Gasteiger partial charge in [-0.3, -0.25) is 4.79 Å². The number of carbonyl (C=O) groups excluding carboxylic acids is 1. The third-order valence-corrected chi connectivity index (χ3v) is 9.12. The SMILES string of the molecule is CCCCCCC/C=C/C(O)C(COC1OC(CO)C(OC2OC(CO)C(OC3OC(CO)C(O)C(O)C3O)C(O)C2O)C(O)C1O)NC(C)=O. The van der Waals surface area contributed by atoms with Crippen LogP contribution in [0.25, 0.3) is 0 Å². The van der Waals surface area contributed by atoms with Crippen LogP contribution in [0.3, 0.4) is 0 Å². The largest absolute Gasteiger partial charge is 0.394 e. The maximum absolute atomic E-state index is 11.8. The van der Waals surface area contributed by atoms with Crippen molar-refractivity contribution in [1.82, 2.24) is 5.32 Å². The molecule has 0 aliphatic carbocycles. The number of rotatable bonds is 19. The number of nitrogens with one attached hydrogen (secondary N) is 1. The number of amides is 1. The lowest BCUT2D eigenvalue weighted by atomic mass is 9.96. The van der Waals surface area contributed by atoms with E-state index in [1.165, 1.54) is 13.0 Å². The van der Waals surface area contributed by atoms with Gasteiger partial charge >= 0.3 is 0 Å². The summed E-state index contributed by atoms with van der Waals surface area (Å²) in [5, 5.41) is 117. The highest BCUT2D eigenvalue weighted by Crippen LogP contribution is 2.32. The summed E-state index contributed by atoms with van der Waals surface area (Å²) in [4.78, 5) is 11.8. The average Bonchev–Trinajstić information content (AvgIpc) is 3.11. The third-order valence-electron chi connectivity index (χ3n) is 9.12. The van der Waals surface area contributed by atoms with Crippen molar-refractivity contribution in [3.63, 3.8) is 0 Å². The molecule has 298 valence electrons. The van der Waals surface area contributed by atoms with Gasteiger partial charge in [-0.1, -0.05) is 44.8 Å². The molecular formula is C32H57NO18. The molecule has 19 heteroatoms. The quantitative estimate of drug-likeness (QED) is 0.0437. The lowest BCUT2D eigenvalue weighted by Crippen LogP contribution is -2.66. The zero-order valence-corrected chi connectivity index (χ0v) is 28.8. The Balaban J connectivity index is 1.62. The van der Waals surface area contributed by atoms with Crippen molar-refractivity contribution in [3.05, 3.63) is 12.2 Å². The van der Waals surface area contributed by atoms with Gasteiger partial charge in [0.25, 0.3) is 0 Å². The van der Waals surface area contributed by atoms with Crippen molar-refractivity contribution in [2.75, 3.05) is 26.4 Å². The lowest BCUT2D eigenvalue weighted by Gasteiger charge is -2.48. The van der Waals surface area contributed by atoms with Crippen molar-refractivity contribution < 1.29 is 89.4 Å². The van der Waals surface area contributed by atoms with Gasteiger partial charge in [-0.25, -0.2) is 0 Å². The summed E-state index contributed by atoms with van der Waals surface area (Å²) in [6, 6.07) is -0.964. The number of ether oxygens (including phenoxy) is 6. The van der Waals surface area contributed by atoms with Crippen LogP contribution in [0.5, 0.6) is 0 Å². The number of aliphatic hydroxyl groups is 11. The summed E-state index contributed by atoms with van der Waals surface area (Å²) < 4.78 is 33.3. The number of carbonyl (C=O) groups is 1. The molecule has 0 aromatic rings. The molecule has 0 saturated carbocycles. The number of hydrogen-bond donors (Lipinski definition) is 12. The van der Waals surface area contributed by atoms with Crippen LogP contribution in [0, 0.1) is 0 Å². The van der Waals surface area contributed by atoms with Gasteiger partial charge in [0.2, 0.25) is 5.91 Å². The monoisotopic (exact) mass is 743 g/mol. The predicted molar refractivity (Wildman–Crippen MR) is 171 cm³/mol. The van der Waals surface area contributed by atoms with Crippen LogP contribution in [0.4, 0.5) is 0 Å². The fraction of sp³-hybridized carbons (Fsp3) is 0.906. The molecule has 17 unspecified atom stereocenters. The predicted octanol–water partition coefficient (Wildman–Crippen LogP) is -4.77. The number of allylic oxidation sites excluding steroid dienone is 1. The van der Waals surface area contributed by atoms with Crippen molar-refractivity contribution in [1.29, 1.82) is 0 Å². The van der Waals surface area contributed by atoms with E-state index in [9.17, 15) is 61.0 Å². The van der Waals surface area contributed by atoms with E-state index in [0.717, 1.165) is 38.5 Å². The smallest absolute Gasteiger partial charge is 0.217 e. The molecule has 3 fully saturated rings. The fourth-order valence-electron chi connectivity index (χ4n) is 6.10. The van der Waals surface area contributed by atoms with E-state index in [1.807, 2.05) is 0 Å². The van der Waals surface area contributed by atoms with Gasteiger partial charge in [0.1, 0.15) is 73.2 Å². The second-order valence-corrected chi connectivity index (χ2v) is 13.1. The zero-order chi connectivity index (χ0) is 37.8. The molecular weight excluding hydrogens is 686 g/mol. The minimum atomic E-state index is -1.97. The number of unbranched alkanes of at least 4 members (excludes halogenated alkanes) is 5.